The van der Waals surface area contributed by atoms with Crippen LogP contribution in [0.2, 0.25) is 0 Å². The maximum absolute atomic E-state index is 12.8. The van der Waals surface area contributed by atoms with Gasteiger partial charge in [-0.15, -0.1) is 10.2 Å². The quantitative estimate of drug-likeness (QED) is 0.118. The smallest absolute Gasteiger partial charge is 0.253 e. The van der Waals surface area contributed by atoms with Gasteiger partial charge in [0.25, 0.3) is 5.91 Å². The number of carbonyl (C=O) groups excluding carboxylic acids is 1. The van der Waals surface area contributed by atoms with Crippen LogP contribution in [-0.4, -0.2) is 32.1 Å². The van der Waals surface area contributed by atoms with E-state index in [4.69, 9.17) is 0 Å². The van der Waals surface area contributed by atoms with Crippen molar-refractivity contribution in [2.45, 2.75) is 23.9 Å². The van der Waals surface area contributed by atoms with E-state index in [1.165, 1.54) is 17.1 Å². The first-order valence-electron chi connectivity index (χ1n) is 12.0. The van der Waals surface area contributed by atoms with E-state index >= 15 is 0 Å². The number of anilines is 1. The van der Waals surface area contributed by atoms with Gasteiger partial charge in [0.2, 0.25) is 0 Å². The zero-order valence-corrected chi connectivity index (χ0v) is 23.0. The third kappa shape index (κ3) is 6.12. The van der Waals surface area contributed by atoms with Crippen LogP contribution in [0.15, 0.2) is 112 Å². The number of nitrogens with one attached hydrogen (secondary N) is 2. The Morgan fingerprint density at radius 2 is 1.76 bits per heavy atom. The summed E-state index contributed by atoms with van der Waals surface area (Å²) in [7, 11) is 0. The highest BCUT2D eigenvalue weighted by molar-refractivity contribution is 9.10. The number of fused-ring (bicyclic) bond motifs is 1. The highest BCUT2D eigenvalue weighted by atomic mass is 79.9. The van der Waals surface area contributed by atoms with Crippen molar-refractivity contribution < 1.29 is 4.79 Å². The fraction of sp³-hybridized carbons (Fsp3) is 0.103. The van der Waals surface area contributed by atoms with E-state index in [2.05, 4.69) is 66.2 Å². The van der Waals surface area contributed by atoms with Crippen molar-refractivity contribution in [1.29, 1.82) is 0 Å². The molecule has 0 aliphatic heterocycles. The molecule has 9 heteroatoms. The Morgan fingerprint density at radius 3 is 2.61 bits per heavy atom. The number of benzene rings is 4. The Kier molecular flexibility index (Phi) is 8.15. The molecule has 1 unspecified atom stereocenters. The number of rotatable bonds is 9. The van der Waals surface area contributed by atoms with Gasteiger partial charge in [-0.05, 0) is 48.2 Å². The van der Waals surface area contributed by atoms with Gasteiger partial charge in [0, 0.05) is 21.2 Å². The first-order chi connectivity index (χ1) is 18.6. The number of thioether (sulfide) groups is 1. The maximum Gasteiger partial charge on any atom is 0.253 e. The van der Waals surface area contributed by atoms with Crippen LogP contribution < -0.4 is 10.7 Å². The number of hydrazone groups is 1. The SMILES string of the molecule is CC(Sc1nnc(CNc2cccc3ccccc23)n1-c1ccccc1)C(=O)NN=Cc1cccc(Br)c1. The molecule has 1 amide bonds. The van der Waals surface area contributed by atoms with E-state index in [-0.39, 0.29) is 5.91 Å². The first kappa shape index (κ1) is 25.7. The van der Waals surface area contributed by atoms with Gasteiger partial charge in [-0.2, -0.15) is 5.10 Å². The van der Waals surface area contributed by atoms with Gasteiger partial charge in [-0.1, -0.05) is 94.4 Å². The van der Waals surface area contributed by atoms with Crippen molar-refractivity contribution in [3.8, 4) is 5.69 Å². The van der Waals surface area contributed by atoms with Crippen molar-refractivity contribution in [2.24, 2.45) is 5.10 Å². The molecule has 7 nitrogen and oxygen atoms in total. The van der Waals surface area contributed by atoms with Crippen LogP contribution in [0.5, 0.6) is 0 Å². The van der Waals surface area contributed by atoms with Gasteiger partial charge in [0.1, 0.15) is 0 Å². The van der Waals surface area contributed by atoms with Gasteiger partial charge >= 0.3 is 0 Å². The molecule has 5 aromatic rings. The number of halogens is 1. The number of hydrogen-bond acceptors (Lipinski definition) is 6. The second kappa shape index (κ2) is 12.1. The Balaban J connectivity index is 1.33. The lowest BCUT2D eigenvalue weighted by Gasteiger charge is -2.14. The number of aromatic nitrogens is 3. The summed E-state index contributed by atoms with van der Waals surface area (Å²) in [6.07, 6.45) is 1.61. The zero-order valence-electron chi connectivity index (χ0n) is 20.6. The molecule has 0 aliphatic rings. The molecule has 1 heterocycles. The summed E-state index contributed by atoms with van der Waals surface area (Å²) >= 11 is 4.77. The molecule has 190 valence electrons. The average Bonchev–Trinajstić information content (AvgIpc) is 3.34. The van der Waals surface area contributed by atoms with E-state index in [9.17, 15) is 4.79 Å². The fourth-order valence-electron chi connectivity index (χ4n) is 3.94. The lowest BCUT2D eigenvalue weighted by Crippen LogP contribution is -2.27. The molecule has 1 atom stereocenters. The second-order valence-corrected chi connectivity index (χ2v) is 10.7. The van der Waals surface area contributed by atoms with Crippen LogP contribution in [0.4, 0.5) is 5.69 Å². The van der Waals surface area contributed by atoms with Crippen LogP contribution in [0.1, 0.15) is 18.3 Å². The molecule has 0 saturated heterocycles. The molecule has 0 fully saturated rings. The van der Waals surface area contributed by atoms with Crippen molar-refractivity contribution in [1.82, 2.24) is 20.2 Å². The van der Waals surface area contributed by atoms with Crippen LogP contribution in [0, 0.1) is 0 Å². The summed E-state index contributed by atoms with van der Waals surface area (Å²) in [5, 5.41) is 19.0. The van der Waals surface area contributed by atoms with Crippen molar-refractivity contribution in [2.75, 3.05) is 5.32 Å². The minimum absolute atomic E-state index is 0.223. The Morgan fingerprint density at radius 1 is 1.00 bits per heavy atom. The van der Waals surface area contributed by atoms with E-state index in [1.807, 2.05) is 84.3 Å². The van der Waals surface area contributed by atoms with Gasteiger partial charge in [0.15, 0.2) is 11.0 Å². The zero-order chi connectivity index (χ0) is 26.3. The van der Waals surface area contributed by atoms with E-state index in [0.29, 0.717) is 11.7 Å². The third-order valence-electron chi connectivity index (χ3n) is 5.83. The second-order valence-electron chi connectivity index (χ2n) is 8.50. The number of nitrogens with zero attached hydrogens (tertiary/aromatic N) is 4. The topological polar surface area (TPSA) is 84.2 Å². The Bertz CT molecular complexity index is 1580. The molecule has 38 heavy (non-hydrogen) atoms. The van der Waals surface area contributed by atoms with Crippen molar-refractivity contribution in [3.05, 3.63) is 113 Å². The maximum atomic E-state index is 12.8. The Labute approximate surface area is 233 Å². The van der Waals surface area contributed by atoms with Gasteiger partial charge in [-0.25, -0.2) is 5.43 Å². The molecule has 0 saturated carbocycles. The van der Waals surface area contributed by atoms with Crippen LogP contribution >= 0.6 is 27.7 Å². The summed E-state index contributed by atoms with van der Waals surface area (Å²) < 4.78 is 2.93. The van der Waals surface area contributed by atoms with Crippen molar-refractivity contribution >= 4 is 56.3 Å². The number of carbonyl (C=O) groups is 1. The van der Waals surface area contributed by atoms with E-state index in [1.54, 1.807) is 6.21 Å². The summed E-state index contributed by atoms with van der Waals surface area (Å²) in [5.41, 5.74) is 5.46. The minimum atomic E-state index is -0.444. The van der Waals surface area contributed by atoms with Gasteiger partial charge < -0.3 is 5.32 Å². The van der Waals surface area contributed by atoms with Crippen LogP contribution in [0.3, 0.4) is 0 Å². The summed E-state index contributed by atoms with van der Waals surface area (Å²) in [6.45, 7) is 2.29. The van der Waals surface area contributed by atoms with Crippen LogP contribution in [0.25, 0.3) is 16.5 Å². The lowest BCUT2D eigenvalue weighted by atomic mass is 10.1. The average molecular weight is 586 g/mol. The monoisotopic (exact) mass is 584 g/mol. The molecule has 0 aliphatic carbocycles. The predicted molar refractivity (Wildman–Crippen MR) is 158 cm³/mol. The number of hydrogen-bond donors (Lipinski definition) is 2. The molecular formula is C29H25BrN6OS. The minimum Gasteiger partial charge on any atom is -0.377 e. The summed E-state index contributed by atoms with van der Waals surface area (Å²) in [6, 6.07) is 32.0. The largest absolute Gasteiger partial charge is 0.377 e. The van der Waals surface area contributed by atoms with Gasteiger partial charge in [0.05, 0.1) is 18.0 Å². The number of amides is 1. The molecule has 0 radical (unpaired) electrons. The van der Waals surface area contributed by atoms with Gasteiger partial charge in [-0.3, -0.25) is 9.36 Å². The van der Waals surface area contributed by atoms with Crippen molar-refractivity contribution in [3.63, 3.8) is 0 Å². The molecule has 2 N–H and O–H groups in total. The fourth-order valence-corrected chi connectivity index (χ4v) is 5.24. The highest BCUT2D eigenvalue weighted by Crippen LogP contribution is 2.27. The predicted octanol–water partition coefficient (Wildman–Crippen LogP) is 6.43. The Hall–Kier alpha value is -3.95. The molecule has 0 spiro atoms. The van der Waals surface area contributed by atoms with E-state index in [0.717, 1.165) is 32.6 Å². The third-order valence-corrected chi connectivity index (χ3v) is 7.37. The number of para-hydroxylation sites is 1. The molecule has 0 bridgehead atoms. The van der Waals surface area contributed by atoms with E-state index < -0.39 is 5.25 Å². The molecule has 5 rings (SSSR count). The standard InChI is InChI=1S/C29H25BrN6OS/c1-20(28(37)34-32-18-21-9-7-12-23(30)17-21)38-29-35-33-27(36(29)24-13-3-2-4-14-24)19-31-26-16-8-11-22-10-5-6-15-25(22)26/h2-18,20,31H,19H2,1H3,(H,34,37). The summed E-state index contributed by atoms with van der Waals surface area (Å²) in [4.78, 5) is 12.8. The molecular weight excluding hydrogens is 560 g/mol. The first-order valence-corrected chi connectivity index (χ1v) is 13.7. The normalized spacial score (nSPS) is 12.1. The molecule has 4 aromatic carbocycles. The summed E-state index contributed by atoms with van der Waals surface area (Å²) in [5.74, 6) is 0.520. The highest BCUT2D eigenvalue weighted by Gasteiger charge is 2.21. The lowest BCUT2D eigenvalue weighted by molar-refractivity contribution is -0.120. The van der Waals surface area contributed by atoms with Crippen LogP contribution in [-0.2, 0) is 11.3 Å². The molecule has 1 aromatic heterocycles.